The Labute approximate surface area is 146 Å². The van der Waals surface area contributed by atoms with Crippen LogP contribution >= 0.6 is 11.8 Å². The first kappa shape index (κ1) is 16.4. The average Bonchev–Trinajstić information content (AvgIpc) is 3.18. The highest BCUT2D eigenvalue weighted by Crippen LogP contribution is 2.46. The fourth-order valence-corrected chi connectivity index (χ4v) is 5.31. The van der Waals surface area contributed by atoms with E-state index in [-0.39, 0.29) is 10.7 Å². The molecule has 0 aliphatic carbocycles. The largest absolute Gasteiger partial charge is 0.438 e. The third-order valence-electron chi connectivity index (χ3n) is 5.27. The zero-order valence-electron chi connectivity index (χ0n) is 14.0. The van der Waals surface area contributed by atoms with Crippen molar-refractivity contribution in [2.24, 2.45) is 5.92 Å². The molecule has 6 nitrogen and oxygen atoms in total. The van der Waals surface area contributed by atoms with E-state index in [0.29, 0.717) is 23.5 Å². The number of hydrogen-bond acceptors (Lipinski definition) is 6. The summed E-state index contributed by atoms with van der Waals surface area (Å²) in [4.78, 5) is 18.3. The lowest BCUT2D eigenvalue weighted by Gasteiger charge is -2.47. The second-order valence-electron chi connectivity index (χ2n) is 7.14. The summed E-state index contributed by atoms with van der Waals surface area (Å²) >= 11 is 1.96. The topological polar surface area (TPSA) is 64.8 Å². The summed E-state index contributed by atoms with van der Waals surface area (Å²) in [7, 11) is 0. The average molecular weight is 352 g/mol. The summed E-state index contributed by atoms with van der Waals surface area (Å²) in [6.07, 6.45) is 4.93. The van der Waals surface area contributed by atoms with Crippen LogP contribution in [0.5, 0.6) is 0 Å². The zero-order chi connectivity index (χ0) is 16.6. The first-order valence-electron chi connectivity index (χ1n) is 8.68. The van der Waals surface area contributed by atoms with Gasteiger partial charge in [0.1, 0.15) is 0 Å². The number of thioether (sulfide) groups is 1. The number of oxazole rings is 1. The minimum absolute atomic E-state index is 0.0391. The molecule has 132 valence electrons. The first-order chi connectivity index (χ1) is 11.7. The maximum absolute atomic E-state index is 12.4. The van der Waals surface area contributed by atoms with Crippen LogP contribution in [0.25, 0.3) is 0 Å². The number of aryl methyl sites for hydroxylation is 1. The first-order valence-corrected chi connectivity index (χ1v) is 9.66. The van der Waals surface area contributed by atoms with Crippen molar-refractivity contribution in [1.29, 1.82) is 0 Å². The van der Waals surface area contributed by atoms with Gasteiger partial charge in [0, 0.05) is 38.7 Å². The van der Waals surface area contributed by atoms with Crippen molar-refractivity contribution in [3.05, 3.63) is 17.8 Å². The molecule has 1 aromatic heterocycles. The number of carbonyl (C=O) groups is 1. The lowest BCUT2D eigenvalue weighted by Crippen LogP contribution is -2.60. The summed E-state index contributed by atoms with van der Waals surface area (Å²) in [6, 6.07) is 0. The van der Waals surface area contributed by atoms with Gasteiger partial charge in [-0.15, -0.1) is 11.8 Å². The van der Waals surface area contributed by atoms with Gasteiger partial charge in [0.2, 0.25) is 5.76 Å². The smallest absolute Gasteiger partial charge is 0.291 e. The molecule has 4 heterocycles. The van der Waals surface area contributed by atoms with E-state index in [1.807, 2.05) is 16.7 Å². The van der Waals surface area contributed by atoms with Crippen molar-refractivity contribution in [1.82, 2.24) is 9.88 Å². The van der Waals surface area contributed by atoms with E-state index in [2.05, 4.69) is 4.98 Å². The predicted molar refractivity (Wildman–Crippen MR) is 90.2 cm³/mol. The van der Waals surface area contributed by atoms with E-state index < -0.39 is 0 Å². The number of likely N-dealkylation sites (tertiary alicyclic amines) is 1. The van der Waals surface area contributed by atoms with Crippen LogP contribution in [0, 0.1) is 12.8 Å². The van der Waals surface area contributed by atoms with Crippen molar-refractivity contribution in [2.75, 3.05) is 38.7 Å². The van der Waals surface area contributed by atoms with E-state index >= 15 is 0 Å². The van der Waals surface area contributed by atoms with Crippen LogP contribution in [0.15, 0.2) is 10.8 Å². The Bertz CT molecular complexity index is 593. The Morgan fingerprint density at radius 2 is 2.25 bits per heavy atom. The molecule has 1 amide bonds. The van der Waals surface area contributed by atoms with Crippen molar-refractivity contribution in [3.8, 4) is 0 Å². The molecular weight excluding hydrogens is 328 g/mol. The summed E-state index contributed by atoms with van der Waals surface area (Å²) < 4.78 is 16.9. The molecule has 24 heavy (non-hydrogen) atoms. The molecule has 0 saturated carbocycles. The number of nitrogens with zero attached hydrogens (tertiary/aromatic N) is 2. The van der Waals surface area contributed by atoms with E-state index in [4.69, 9.17) is 13.9 Å². The summed E-state index contributed by atoms with van der Waals surface area (Å²) in [6.45, 7) is 5.97. The molecule has 1 spiro atoms. The molecule has 3 aliphatic heterocycles. The van der Waals surface area contributed by atoms with Gasteiger partial charge in [0.15, 0.2) is 6.39 Å². The lowest BCUT2D eigenvalue weighted by molar-refractivity contribution is -0.0120. The van der Waals surface area contributed by atoms with Crippen LogP contribution in [0.1, 0.15) is 35.5 Å². The fourth-order valence-electron chi connectivity index (χ4n) is 3.76. The van der Waals surface area contributed by atoms with Crippen LogP contribution in [-0.4, -0.2) is 65.3 Å². The molecule has 1 unspecified atom stereocenters. The molecule has 1 aromatic rings. The number of carbonyl (C=O) groups excluding carboxylic acids is 1. The highest BCUT2D eigenvalue weighted by atomic mass is 32.2. The molecule has 0 bridgehead atoms. The number of hydrogen-bond donors (Lipinski definition) is 0. The summed E-state index contributed by atoms with van der Waals surface area (Å²) in [5.41, 5.74) is 0.665. The van der Waals surface area contributed by atoms with Crippen LogP contribution in [-0.2, 0) is 9.47 Å². The quantitative estimate of drug-likeness (QED) is 0.827. The Hall–Kier alpha value is -1.05. The Morgan fingerprint density at radius 1 is 1.46 bits per heavy atom. The second kappa shape index (κ2) is 6.69. The molecule has 3 saturated heterocycles. The molecule has 0 aromatic carbocycles. The van der Waals surface area contributed by atoms with Crippen LogP contribution < -0.4 is 0 Å². The predicted octanol–water partition coefficient (Wildman–Crippen LogP) is 2.13. The molecule has 1 atom stereocenters. The highest BCUT2D eigenvalue weighted by molar-refractivity contribution is 8.01. The Kier molecular flexibility index (Phi) is 4.58. The van der Waals surface area contributed by atoms with E-state index in [1.165, 1.54) is 6.39 Å². The van der Waals surface area contributed by atoms with Gasteiger partial charge in [-0.05, 0) is 32.1 Å². The van der Waals surface area contributed by atoms with Crippen LogP contribution in [0.3, 0.4) is 0 Å². The van der Waals surface area contributed by atoms with Gasteiger partial charge in [0.05, 0.1) is 16.5 Å². The van der Waals surface area contributed by atoms with Crippen molar-refractivity contribution in [2.45, 2.75) is 37.0 Å². The van der Waals surface area contributed by atoms with Crippen molar-refractivity contribution in [3.63, 3.8) is 0 Å². The maximum Gasteiger partial charge on any atom is 0.291 e. The Morgan fingerprint density at radius 3 is 2.96 bits per heavy atom. The van der Waals surface area contributed by atoms with Crippen LogP contribution in [0.4, 0.5) is 0 Å². The van der Waals surface area contributed by atoms with Gasteiger partial charge in [-0.3, -0.25) is 4.79 Å². The normalized spacial score (nSPS) is 26.7. The van der Waals surface area contributed by atoms with E-state index in [1.54, 1.807) is 6.92 Å². The van der Waals surface area contributed by atoms with Gasteiger partial charge in [-0.1, -0.05) is 0 Å². The molecule has 3 aliphatic rings. The van der Waals surface area contributed by atoms with Crippen molar-refractivity contribution >= 4 is 17.7 Å². The number of rotatable bonds is 4. The van der Waals surface area contributed by atoms with E-state index in [0.717, 1.165) is 57.9 Å². The second-order valence-corrected chi connectivity index (χ2v) is 8.63. The van der Waals surface area contributed by atoms with Gasteiger partial charge in [-0.25, -0.2) is 4.98 Å². The van der Waals surface area contributed by atoms with Crippen LogP contribution in [0.2, 0.25) is 0 Å². The minimum atomic E-state index is -0.0391. The summed E-state index contributed by atoms with van der Waals surface area (Å²) in [5.74, 6) is 2.02. The van der Waals surface area contributed by atoms with Gasteiger partial charge in [-0.2, -0.15) is 0 Å². The zero-order valence-corrected chi connectivity index (χ0v) is 14.8. The van der Waals surface area contributed by atoms with E-state index in [9.17, 15) is 4.79 Å². The Balaban J connectivity index is 1.24. The number of aromatic nitrogens is 1. The molecular formula is C17H24N2O4S. The van der Waals surface area contributed by atoms with Crippen molar-refractivity contribution < 1.29 is 18.7 Å². The third kappa shape index (κ3) is 3.21. The SMILES string of the molecule is Cc1ncoc1C(=O)N1CC2(CC(OCC3CCOCC3)CS2)C1. The molecule has 0 N–H and O–H groups in total. The summed E-state index contributed by atoms with van der Waals surface area (Å²) in [5, 5.41) is 0. The number of ether oxygens (including phenoxy) is 2. The fraction of sp³-hybridized carbons (Fsp3) is 0.765. The highest BCUT2D eigenvalue weighted by Gasteiger charge is 2.51. The minimum Gasteiger partial charge on any atom is -0.438 e. The monoisotopic (exact) mass is 352 g/mol. The standard InChI is InChI=1S/C17H24N2O4S/c1-12-15(23-11-18-12)16(20)19-9-17(10-19)6-14(8-24-17)22-7-13-2-4-21-5-3-13/h11,13-14H,2-10H2,1H3. The van der Waals surface area contributed by atoms with Gasteiger partial charge < -0.3 is 18.8 Å². The number of amides is 1. The lowest BCUT2D eigenvalue weighted by atomic mass is 9.92. The molecule has 3 fully saturated rings. The van der Waals surface area contributed by atoms with Gasteiger partial charge in [0.25, 0.3) is 5.91 Å². The maximum atomic E-state index is 12.4. The molecule has 4 rings (SSSR count). The molecule has 0 radical (unpaired) electrons. The molecule has 7 heteroatoms. The third-order valence-corrected chi connectivity index (χ3v) is 6.84. The van der Waals surface area contributed by atoms with Gasteiger partial charge >= 0.3 is 0 Å².